The summed E-state index contributed by atoms with van der Waals surface area (Å²) in [4.78, 5) is 13.1. The third-order valence-corrected chi connectivity index (χ3v) is 8.36. The van der Waals surface area contributed by atoms with E-state index in [0.29, 0.717) is 24.6 Å². The first-order valence-electron chi connectivity index (χ1n) is 9.87. The van der Waals surface area contributed by atoms with Crippen molar-refractivity contribution < 1.29 is 13.2 Å². The van der Waals surface area contributed by atoms with Gasteiger partial charge in [0, 0.05) is 24.7 Å². The Morgan fingerprint density at radius 2 is 1.88 bits per heavy atom. The molecule has 1 amide bonds. The Hall–Kier alpha value is -1.40. The monoisotopic (exact) mass is 376 g/mol. The Balaban J connectivity index is 1.55. The predicted octanol–water partition coefficient (Wildman–Crippen LogP) is 3.09. The van der Waals surface area contributed by atoms with E-state index in [1.165, 1.54) is 19.3 Å². The number of piperidine rings is 1. The van der Waals surface area contributed by atoms with Gasteiger partial charge in [-0.3, -0.25) is 4.79 Å². The first-order chi connectivity index (χ1) is 12.4. The Labute approximate surface area is 156 Å². The first-order valence-corrected chi connectivity index (χ1v) is 11.3. The van der Waals surface area contributed by atoms with Gasteiger partial charge in [0.2, 0.25) is 10.0 Å². The molecule has 1 aromatic rings. The molecule has 5 nitrogen and oxygen atoms in total. The lowest BCUT2D eigenvalue weighted by atomic mass is 9.95. The van der Waals surface area contributed by atoms with Gasteiger partial charge in [-0.1, -0.05) is 18.9 Å². The molecule has 0 unspecified atom stereocenters. The smallest absolute Gasteiger partial charge is 0.251 e. The third-order valence-electron chi connectivity index (χ3n) is 6.46. The molecular weight excluding hydrogens is 348 g/mol. The van der Waals surface area contributed by atoms with E-state index in [4.69, 9.17) is 0 Å². The lowest BCUT2D eigenvalue weighted by Crippen LogP contribution is -2.39. The molecule has 1 aromatic carbocycles. The molecule has 2 saturated carbocycles. The minimum atomic E-state index is -3.52. The van der Waals surface area contributed by atoms with Crippen LogP contribution in [0.3, 0.4) is 0 Å². The van der Waals surface area contributed by atoms with Gasteiger partial charge in [-0.05, 0) is 68.6 Å². The molecule has 6 heteroatoms. The first kappa shape index (κ1) is 18.0. The summed E-state index contributed by atoms with van der Waals surface area (Å²) >= 11 is 0. The second-order valence-electron chi connectivity index (χ2n) is 8.20. The molecule has 142 valence electrons. The molecule has 3 atom stereocenters. The summed E-state index contributed by atoms with van der Waals surface area (Å²) < 4.78 is 27.4. The number of hydrogen-bond donors (Lipinski definition) is 1. The molecule has 2 aliphatic carbocycles. The molecule has 26 heavy (non-hydrogen) atoms. The average Bonchev–Trinajstić information content (AvgIpc) is 3.25. The van der Waals surface area contributed by atoms with Gasteiger partial charge in [-0.2, -0.15) is 4.31 Å². The summed E-state index contributed by atoms with van der Waals surface area (Å²) in [6, 6.07) is 5.21. The topological polar surface area (TPSA) is 66.5 Å². The number of carbonyl (C=O) groups excluding carboxylic acids is 1. The lowest BCUT2D eigenvalue weighted by Gasteiger charge is -2.26. The Morgan fingerprint density at radius 3 is 2.54 bits per heavy atom. The zero-order chi connectivity index (χ0) is 18.3. The van der Waals surface area contributed by atoms with Gasteiger partial charge in [0.15, 0.2) is 0 Å². The van der Waals surface area contributed by atoms with Crippen molar-refractivity contribution in [2.75, 3.05) is 13.1 Å². The van der Waals surface area contributed by atoms with Gasteiger partial charge < -0.3 is 5.32 Å². The zero-order valence-electron chi connectivity index (χ0n) is 15.4. The number of rotatable bonds is 4. The average molecular weight is 377 g/mol. The van der Waals surface area contributed by atoms with Crippen LogP contribution in [0.5, 0.6) is 0 Å². The van der Waals surface area contributed by atoms with Crippen molar-refractivity contribution >= 4 is 15.9 Å². The zero-order valence-corrected chi connectivity index (χ0v) is 16.2. The Bertz CT molecular complexity index is 799. The predicted molar refractivity (Wildman–Crippen MR) is 100 cm³/mol. The second kappa shape index (κ2) is 6.97. The second-order valence-corrected chi connectivity index (χ2v) is 10.1. The number of aryl methyl sites for hydroxylation is 1. The van der Waals surface area contributed by atoms with Crippen molar-refractivity contribution in [3.63, 3.8) is 0 Å². The Morgan fingerprint density at radius 1 is 1.12 bits per heavy atom. The fourth-order valence-electron chi connectivity index (χ4n) is 4.93. The summed E-state index contributed by atoms with van der Waals surface area (Å²) in [6.07, 6.45) is 7.69. The highest BCUT2D eigenvalue weighted by molar-refractivity contribution is 7.89. The summed E-state index contributed by atoms with van der Waals surface area (Å²) in [7, 11) is -3.52. The van der Waals surface area contributed by atoms with E-state index in [-0.39, 0.29) is 16.8 Å². The van der Waals surface area contributed by atoms with Gasteiger partial charge in [0.25, 0.3) is 5.91 Å². The van der Waals surface area contributed by atoms with E-state index in [2.05, 4.69) is 5.32 Å². The number of fused-ring (bicyclic) bond motifs is 2. The van der Waals surface area contributed by atoms with Crippen LogP contribution in [-0.2, 0) is 10.0 Å². The van der Waals surface area contributed by atoms with Crippen LogP contribution in [0.15, 0.2) is 23.1 Å². The molecule has 2 bridgehead atoms. The summed E-state index contributed by atoms with van der Waals surface area (Å²) in [5.41, 5.74) is 1.31. The van der Waals surface area contributed by atoms with Crippen LogP contribution < -0.4 is 5.32 Å². The maximum absolute atomic E-state index is 12.9. The van der Waals surface area contributed by atoms with Crippen molar-refractivity contribution in [2.24, 2.45) is 11.8 Å². The number of benzene rings is 1. The largest absolute Gasteiger partial charge is 0.349 e. The van der Waals surface area contributed by atoms with Crippen molar-refractivity contribution in [1.29, 1.82) is 0 Å². The molecular formula is C20H28N2O3S. The summed E-state index contributed by atoms with van der Waals surface area (Å²) in [5.74, 6) is 1.23. The summed E-state index contributed by atoms with van der Waals surface area (Å²) in [6.45, 7) is 3.01. The highest BCUT2D eigenvalue weighted by Gasteiger charge is 2.40. The molecule has 0 radical (unpaired) electrons. The van der Waals surface area contributed by atoms with Crippen molar-refractivity contribution in [3.8, 4) is 0 Å². The van der Waals surface area contributed by atoms with E-state index >= 15 is 0 Å². The van der Waals surface area contributed by atoms with Crippen molar-refractivity contribution in [1.82, 2.24) is 9.62 Å². The molecule has 1 aliphatic heterocycles. The van der Waals surface area contributed by atoms with Crippen molar-refractivity contribution in [2.45, 2.75) is 62.8 Å². The fourth-order valence-corrected chi connectivity index (χ4v) is 6.47. The fraction of sp³-hybridized carbons (Fsp3) is 0.650. The van der Waals surface area contributed by atoms with Gasteiger partial charge in [0.1, 0.15) is 0 Å². The van der Waals surface area contributed by atoms with Crippen LogP contribution in [-0.4, -0.2) is 37.8 Å². The van der Waals surface area contributed by atoms with Crippen LogP contribution in [0.1, 0.15) is 60.9 Å². The SMILES string of the molecule is Cc1ccc(S(=O)(=O)N2CCCCC2)cc1C(=O)N[C@H]1C[C@H]2CC[C@H]1C2. The highest BCUT2D eigenvalue weighted by atomic mass is 32.2. The standard InChI is InChI=1S/C20H28N2O3S/c1-14-5-8-17(26(24,25)22-9-3-2-4-10-22)13-18(14)20(23)21-19-12-15-6-7-16(19)11-15/h5,8,13,15-16,19H,2-4,6-7,9-12H2,1H3,(H,21,23)/t15-,16-,19-/m0/s1. The number of nitrogens with zero attached hydrogens (tertiary/aromatic N) is 1. The van der Waals surface area contributed by atoms with Crippen LogP contribution in [0.4, 0.5) is 0 Å². The van der Waals surface area contributed by atoms with E-state index < -0.39 is 10.0 Å². The van der Waals surface area contributed by atoms with Crippen LogP contribution in [0.2, 0.25) is 0 Å². The third kappa shape index (κ3) is 3.29. The van der Waals surface area contributed by atoms with Crippen molar-refractivity contribution in [3.05, 3.63) is 29.3 Å². The van der Waals surface area contributed by atoms with E-state index in [1.54, 1.807) is 22.5 Å². The number of hydrogen-bond acceptors (Lipinski definition) is 3. The Kier molecular flexibility index (Phi) is 4.82. The molecule has 4 rings (SSSR count). The van der Waals surface area contributed by atoms with Gasteiger partial charge in [0.05, 0.1) is 4.90 Å². The van der Waals surface area contributed by atoms with E-state index in [9.17, 15) is 13.2 Å². The molecule has 0 aromatic heterocycles. The normalized spacial score (nSPS) is 29.0. The number of carbonyl (C=O) groups is 1. The van der Waals surface area contributed by atoms with Gasteiger partial charge in [-0.25, -0.2) is 8.42 Å². The quantitative estimate of drug-likeness (QED) is 0.878. The minimum absolute atomic E-state index is 0.129. The van der Waals surface area contributed by atoms with Crippen LogP contribution in [0, 0.1) is 18.8 Å². The number of sulfonamides is 1. The molecule has 1 N–H and O–H groups in total. The van der Waals surface area contributed by atoms with Crippen LogP contribution >= 0.6 is 0 Å². The highest BCUT2D eigenvalue weighted by Crippen LogP contribution is 2.44. The summed E-state index contributed by atoms with van der Waals surface area (Å²) in [5, 5.41) is 3.18. The molecule has 0 spiro atoms. The minimum Gasteiger partial charge on any atom is -0.349 e. The lowest BCUT2D eigenvalue weighted by molar-refractivity contribution is 0.0922. The molecule has 1 heterocycles. The van der Waals surface area contributed by atoms with E-state index in [0.717, 1.165) is 37.2 Å². The molecule has 1 saturated heterocycles. The van der Waals surface area contributed by atoms with Gasteiger partial charge in [-0.15, -0.1) is 0 Å². The number of amides is 1. The molecule has 3 fully saturated rings. The van der Waals surface area contributed by atoms with Crippen LogP contribution in [0.25, 0.3) is 0 Å². The maximum Gasteiger partial charge on any atom is 0.251 e. The maximum atomic E-state index is 12.9. The van der Waals surface area contributed by atoms with E-state index in [1.807, 2.05) is 6.92 Å². The number of nitrogens with one attached hydrogen (secondary N) is 1. The van der Waals surface area contributed by atoms with Gasteiger partial charge >= 0.3 is 0 Å². The molecule has 3 aliphatic rings.